The van der Waals surface area contributed by atoms with Crippen LogP contribution in [-0.2, 0) is 0 Å². The second-order valence-electron chi connectivity index (χ2n) is 6.28. The molecule has 0 N–H and O–H groups in total. The smallest absolute Gasteiger partial charge is 0.123 e. The fourth-order valence-corrected chi connectivity index (χ4v) is 2.34. The minimum Gasteiger partial charge on any atom is -0.240 e. The molecule has 0 bridgehead atoms. The van der Waals surface area contributed by atoms with Crippen LogP contribution in [0.3, 0.4) is 0 Å². The first kappa shape index (κ1) is 12.4. The molecule has 0 amide bonds. The Kier molecular flexibility index (Phi) is 3.62. The summed E-state index contributed by atoms with van der Waals surface area (Å²) in [5.74, 6) is 1.08. The summed E-state index contributed by atoms with van der Waals surface area (Å²) in [7, 11) is 2.34. The van der Waals surface area contributed by atoms with Crippen molar-refractivity contribution in [2.24, 2.45) is 17.3 Å². The lowest BCUT2D eigenvalue weighted by Gasteiger charge is -2.41. The Morgan fingerprint density at radius 1 is 1.21 bits per heavy atom. The summed E-state index contributed by atoms with van der Waals surface area (Å²) in [4.78, 5) is 0. The molecule has 1 aliphatic carbocycles. The summed E-state index contributed by atoms with van der Waals surface area (Å²) in [5.41, 5.74) is 0.436. The van der Waals surface area contributed by atoms with Gasteiger partial charge in [-0.05, 0) is 49.9 Å². The number of hydrogen-bond acceptors (Lipinski definition) is 0. The average Bonchev–Trinajstić information content (AvgIpc) is 1.76. The summed E-state index contributed by atoms with van der Waals surface area (Å²) in [6.45, 7) is 8.51. The zero-order valence-corrected chi connectivity index (χ0v) is 11.1. The van der Waals surface area contributed by atoms with Crippen LogP contribution < -0.4 is 0 Å². The highest BCUT2D eigenvalue weighted by Crippen LogP contribution is 2.48. The predicted octanol–water partition coefficient (Wildman–Crippen LogP) is 4.40. The number of hydrogen-bond donors (Lipinski definition) is 0. The molecule has 0 aliphatic heterocycles. The van der Waals surface area contributed by atoms with E-state index in [-0.39, 0.29) is 5.92 Å². The van der Waals surface area contributed by atoms with Gasteiger partial charge in [0.2, 0.25) is 0 Å². The molecule has 0 spiro atoms. The molecule has 1 fully saturated rings. The van der Waals surface area contributed by atoms with Gasteiger partial charge >= 0.3 is 0 Å². The quantitative estimate of drug-likeness (QED) is 0.616. The van der Waals surface area contributed by atoms with Crippen molar-refractivity contribution in [3.8, 4) is 0 Å². The summed E-state index contributed by atoms with van der Waals surface area (Å²) >= 11 is 0. The molecule has 2 atom stereocenters. The maximum absolute atomic E-state index is 13.4. The molecule has 84 valence electrons. The van der Waals surface area contributed by atoms with Crippen LogP contribution in [0.5, 0.6) is 0 Å². The second kappa shape index (κ2) is 4.08. The standard InChI is InChI=1S/C12H24FP/c1-11(2,3)6-5-9-7-10(8-9)12(4,13)14/h9-10H,5-8,14H2,1-4H3. The largest absolute Gasteiger partial charge is 0.240 e. The van der Waals surface area contributed by atoms with E-state index in [1.807, 2.05) is 0 Å². The van der Waals surface area contributed by atoms with E-state index in [4.69, 9.17) is 0 Å². The Hall–Kier alpha value is 0.360. The number of halogens is 1. The first-order valence-corrected chi connectivity index (χ1v) is 6.24. The van der Waals surface area contributed by atoms with Crippen LogP contribution in [0.4, 0.5) is 4.39 Å². The molecule has 0 aromatic rings. The Morgan fingerprint density at radius 2 is 1.71 bits per heavy atom. The van der Waals surface area contributed by atoms with Gasteiger partial charge in [-0.2, -0.15) is 0 Å². The van der Waals surface area contributed by atoms with Gasteiger partial charge in [-0.3, -0.25) is 0 Å². The highest BCUT2D eigenvalue weighted by Gasteiger charge is 2.40. The molecule has 1 saturated carbocycles. The van der Waals surface area contributed by atoms with E-state index in [9.17, 15) is 4.39 Å². The van der Waals surface area contributed by atoms with Crippen LogP contribution in [0, 0.1) is 17.3 Å². The topological polar surface area (TPSA) is 0 Å². The lowest BCUT2D eigenvalue weighted by molar-refractivity contribution is 0.0663. The third-order valence-electron chi connectivity index (χ3n) is 3.34. The van der Waals surface area contributed by atoms with Gasteiger partial charge in [0.05, 0.1) is 0 Å². The van der Waals surface area contributed by atoms with E-state index in [0.717, 1.165) is 18.8 Å². The second-order valence-corrected chi connectivity index (χ2v) is 7.41. The van der Waals surface area contributed by atoms with Gasteiger partial charge in [-0.1, -0.05) is 30.0 Å². The molecule has 0 aromatic carbocycles. The molecule has 1 aliphatic rings. The fourth-order valence-electron chi connectivity index (χ4n) is 2.07. The molecule has 14 heavy (non-hydrogen) atoms. The van der Waals surface area contributed by atoms with Crippen molar-refractivity contribution in [2.45, 2.75) is 58.8 Å². The zero-order chi connectivity index (χ0) is 11.0. The molecule has 0 aromatic heterocycles. The van der Waals surface area contributed by atoms with Crippen molar-refractivity contribution in [1.29, 1.82) is 0 Å². The third kappa shape index (κ3) is 3.85. The van der Waals surface area contributed by atoms with Crippen LogP contribution in [0.2, 0.25) is 0 Å². The zero-order valence-electron chi connectivity index (χ0n) is 9.94. The summed E-state index contributed by atoms with van der Waals surface area (Å²) in [6.07, 6.45) is 4.73. The number of alkyl halides is 1. The predicted molar refractivity (Wildman–Crippen MR) is 64.1 cm³/mol. The highest BCUT2D eigenvalue weighted by atomic mass is 31.0. The van der Waals surface area contributed by atoms with E-state index in [1.165, 1.54) is 12.8 Å². The Labute approximate surface area is 90.2 Å². The van der Waals surface area contributed by atoms with Gasteiger partial charge in [-0.15, -0.1) is 0 Å². The van der Waals surface area contributed by atoms with Gasteiger partial charge in [0, 0.05) is 0 Å². The van der Waals surface area contributed by atoms with E-state index in [2.05, 4.69) is 30.0 Å². The summed E-state index contributed by atoms with van der Waals surface area (Å²) < 4.78 is 13.4. The molecule has 2 heteroatoms. The van der Waals surface area contributed by atoms with Crippen LogP contribution in [0.15, 0.2) is 0 Å². The van der Waals surface area contributed by atoms with Crippen LogP contribution in [0.25, 0.3) is 0 Å². The van der Waals surface area contributed by atoms with Crippen molar-refractivity contribution < 1.29 is 4.39 Å². The van der Waals surface area contributed by atoms with Crippen molar-refractivity contribution in [3.63, 3.8) is 0 Å². The summed E-state index contributed by atoms with van der Waals surface area (Å²) in [5, 5.41) is -1.03. The van der Waals surface area contributed by atoms with Crippen LogP contribution >= 0.6 is 9.24 Å². The monoisotopic (exact) mass is 218 g/mol. The molecule has 1 rings (SSSR count). The maximum Gasteiger partial charge on any atom is 0.123 e. The maximum atomic E-state index is 13.4. The molecule has 0 saturated heterocycles. The Balaban J connectivity index is 2.17. The van der Waals surface area contributed by atoms with Crippen molar-refractivity contribution in [3.05, 3.63) is 0 Å². The Bertz CT molecular complexity index is 179. The molecular formula is C12H24FP. The van der Waals surface area contributed by atoms with Gasteiger partial charge in [0.25, 0.3) is 0 Å². The lowest BCUT2D eigenvalue weighted by atomic mass is 9.69. The normalized spacial score (nSPS) is 32.1. The molecule has 0 heterocycles. The fraction of sp³-hybridized carbons (Fsp3) is 1.00. The molecule has 2 unspecified atom stereocenters. The molecular weight excluding hydrogens is 194 g/mol. The minimum absolute atomic E-state index is 0.289. The van der Waals surface area contributed by atoms with Gasteiger partial charge in [-0.25, -0.2) is 4.39 Å². The van der Waals surface area contributed by atoms with E-state index < -0.39 is 5.41 Å². The van der Waals surface area contributed by atoms with Crippen LogP contribution in [-0.4, -0.2) is 5.41 Å². The molecule has 0 radical (unpaired) electrons. The van der Waals surface area contributed by atoms with Crippen molar-refractivity contribution in [1.82, 2.24) is 0 Å². The Morgan fingerprint density at radius 3 is 2.07 bits per heavy atom. The number of rotatable bonds is 3. The van der Waals surface area contributed by atoms with Crippen molar-refractivity contribution >= 4 is 9.24 Å². The van der Waals surface area contributed by atoms with Crippen molar-refractivity contribution in [2.75, 3.05) is 0 Å². The van der Waals surface area contributed by atoms with E-state index in [1.54, 1.807) is 6.92 Å². The SMILES string of the molecule is CC(C)(C)CCC1CC(C(C)(F)P)C1. The summed E-state index contributed by atoms with van der Waals surface area (Å²) in [6, 6.07) is 0. The minimum atomic E-state index is -1.03. The first-order chi connectivity index (χ1) is 6.18. The van der Waals surface area contributed by atoms with Crippen LogP contribution in [0.1, 0.15) is 53.4 Å². The van der Waals surface area contributed by atoms with Gasteiger partial charge < -0.3 is 0 Å². The van der Waals surface area contributed by atoms with Gasteiger partial charge in [0.1, 0.15) is 5.41 Å². The highest BCUT2D eigenvalue weighted by molar-refractivity contribution is 7.18. The third-order valence-corrected chi connectivity index (χ3v) is 3.81. The first-order valence-electron chi connectivity index (χ1n) is 5.66. The van der Waals surface area contributed by atoms with E-state index >= 15 is 0 Å². The van der Waals surface area contributed by atoms with Gasteiger partial charge in [0.15, 0.2) is 0 Å². The average molecular weight is 218 g/mol. The lowest BCUT2D eigenvalue weighted by Crippen LogP contribution is -2.35. The van der Waals surface area contributed by atoms with E-state index in [0.29, 0.717) is 5.41 Å². The molecule has 0 nitrogen and oxygen atoms in total.